The van der Waals surface area contributed by atoms with Crippen molar-refractivity contribution in [1.29, 1.82) is 0 Å². The van der Waals surface area contributed by atoms with Crippen LogP contribution < -0.4 is 5.73 Å². The Kier molecular flexibility index (Phi) is 7.16. The molecular formula is C31H29F3N2OS. The molecule has 1 fully saturated rings. The van der Waals surface area contributed by atoms with E-state index in [0.29, 0.717) is 12.1 Å². The molecule has 3 aromatic carbocycles. The summed E-state index contributed by atoms with van der Waals surface area (Å²) in [5.41, 5.74) is 13.6. The maximum absolute atomic E-state index is 13.7. The van der Waals surface area contributed by atoms with Gasteiger partial charge >= 0.3 is 0 Å². The Morgan fingerprint density at radius 1 is 0.868 bits per heavy atom. The van der Waals surface area contributed by atoms with E-state index in [9.17, 15) is 18.0 Å². The van der Waals surface area contributed by atoms with Crippen molar-refractivity contribution in [2.45, 2.75) is 39.2 Å². The molecule has 1 aliphatic heterocycles. The summed E-state index contributed by atoms with van der Waals surface area (Å²) in [6.45, 7) is 4.78. The summed E-state index contributed by atoms with van der Waals surface area (Å²) in [7, 11) is 0. The van der Waals surface area contributed by atoms with Gasteiger partial charge in [-0.05, 0) is 83.1 Å². The highest BCUT2D eigenvalue weighted by molar-refractivity contribution is 7.16. The zero-order chi connectivity index (χ0) is 27.0. The lowest BCUT2D eigenvalue weighted by Crippen LogP contribution is -2.42. The lowest BCUT2D eigenvalue weighted by molar-refractivity contribution is -0.0494. The lowest BCUT2D eigenvalue weighted by Gasteiger charge is -2.31. The second-order valence-corrected chi connectivity index (χ2v) is 10.9. The molecule has 0 radical (unpaired) electrons. The lowest BCUT2D eigenvalue weighted by atomic mass is 9.92. The van der Waals surface area contributed by atoms with Crippen LogP contribution in [0.5, 0.6) is 0 Å². The van der Waals surface area contributed by atoms with E-state index in [2.05, 4.69) is 26.0 Å². The Morgan fingerprint density at radius 2 is 1.47 bits per heavy atom. The Balaban J connectivity index is 1.50. The predicted octanol–water partition coefficient (Wildman–Crippen LogP) is 7.84. The van der Waals surface area contributed by atoms with Gasteiger partial charge in [0.1, 0.15) is 5.82 Å². The molecule has 2 N–H and O–H groups in total. The maximum atomic E-state index is 13.7. The monoisotopic (exact) mass is 534 g/mol. The molecular weight excluding hydrogens is 505 g/mol. The molecule has 0 aliphatic carbocycles. The molecule has 0 unspecified atom stereocenters. The van der Waals surface area contributed by atoms with E-state index in [-0.39, 0.29) is 37.7 Å². The molecule has 2 heterocycles. The number of benzene rings is 3. The summed E-state index contributed by atoms with van der Waals surface area (Å²) in [6.07, 6.45) is -0.601. The minimum absolute atomic E-state index is 0.0591. The number of piperidine rings is 1. The second-order valence-electron chi connectivity index (χ2n) is 9.80. The van der Waals surface area contributed by atoms with Crippen LogP contribution in [-0.2, 0) is 6.54 Å². The van der Waals surface area contributed by atoms with Crippen LogP contribution in [0.4, 0.5) is 13.2 Å². The molecule has 7 heteroatoms. The molecule has 196 valence electrons. The van der Waals surface area contributed by atoms with Crippen molar-refractivity contribution in [3.63, 3.8) is 0 Å². The normalized spacial score (nSPS) is 15.1. The van der Waals surface area contributed by atoms with Crippen LogP contribution in [0.2, 0.25) is 0 Å². The molecule has 4 aromatic rings. The summed E-state index contributed by atoms with van der Waals surface area (Å²) in [6, 6.07) is 19.9. The van der Waals surface area contributed by atoms with Gasteiger partial charge in [-0.3, -0.25) is 4.79 Å². The van der Waals surface area contributed by atoms with Crippen LogP contribution in [0, 0.1) is 19.7 Å². The first-order valence-corrected chi connectivity index (χ1v) is 13.5. The summed E-state index contributed by atoms with van der Waals surface area (Å²) >= 11 is 1.68. The highest BCUT2D eigenvalue weighted by Crippen LogP contribution is 2.42. The summed E-state index contributed by atoms with van der Waals surface area (Å²) < 4.78 is 40.7. The standard InChI is InChI=1S/C31H29F3N2OS/c1-19-20(2)29(38-28(19)18-35)26-12-9-24(17-27(26)22-7-10-25(32)11-8-22)21-3-5-23(6-4-21)30(37)36-15-13-31(33,34)14-16-36/h3-12,17H,13-16,18,35H2,1-2H3. The van der Waals surface area contributed by atoms with E-state index in [4.69, 9.17) is 5.73 Å². The van der Waals surface area contributed by atoms with Gasteiger partial charge in [0, 0.05) is 47.8 Å². The Hall–Kier alpha value is -3.42. The van der Waals surface area contributed by atoms with E-state index in [0.717, 1.165) is 37.6 Å². The molecule has 38 heavy (non-hydrogen) atoms. The number of alkyl halides is 2. The fourth-order valence-corrected chi connectivity index (χ4v) is 6.15. The van der Waals surface area contributed by atoms with Crippen LogP contribution in [-0.4, -0.2) is 29.8 Å². The summed E-state index contributed by atoms with van der Waals surface area (Å²) in [5, 5.41) is 0. The quantitative estimate of drug-likeness (QED) is 0.284. The molecule has 1 aromatic heterocycles. The third-order valence-corrected chi connectivity index (χ3v) is 8.85. The minimum Gasteiger partial charge on any atom is -0.338 e. The Bertz CT molecular complexity index is 1470. The number of likely N-dealkylation sites (tertiary alicyclic amines) is 1. The number of thiophene rings is 1. The highest BCUT2D eigenvalue weighted by Gasteiger charge is 2.35. The fourth-order valence-electron chi connectivity index (χ4n) is 4.92. The van der Waals surface area contributed by atoms with Gasteiger partial charge in [0.15, 0.2) is 0 Å². The van der Waals surface area contributed by atoms with Crippen molar-refractivity contribution in [2.24, 2.45) is 5.73 Å². The largest absolute Gasteiger partial charge is 0.338 e. The number of amides is 1. The first-order chi connectivity index (χ1) is 18.2. The van der Waals surface area contributed by atoms with Crippen LogP contribution >= 0.6 is 11.3 Å². The van der Waals surface area contributed by atoms with Gasteiger partial charge in [-0.2, -0.15) is 0 Å². The molecule has 1 aliphatic rings. The molecule has 0 atom stereocenters. The number of nitrogens with two attached hydrogens (primary N) is 1. The number of nitrogens with zero attached hydrogens (tertiary/aromatic N) is 1. The number of rotatable bonds is 5. The first-order valence-electron chi connectivity index (χ1n) is 12.6. The Labute approximate surface area is 224 Å². The van der Waals surface area contributed by atoms with Crippen molar-refractivity contribution < 1.29 is 18.0 Å². The number of carbonyl (C=O) groups is 1. The van der Waals surface area contributed by atoms with Gasteiger partial charge in [0.2, 0.25) is 0 Å². The molecule has 0 saturated carbocycles. The topological polar surface area (TPSA) is 46.3 Å². The zero-order valence-electron chi connectivity index (χ0n) is 21.4. The predicted molar refractivity (Wildman–Crippen MR) is 148 cm³/mol. The van der Waals surface area contributed by atoms with Gasteiger partial charge < -0.3 is 10.6 Å². The van der Waals surface area contributed by atoms with E-state index in [1.807, 2.05) is 18.2 Å². The molecule has 1 amide bonds. The number of halogens is 3. The van der Waals surface area contributed by atoms with Crippen LogP contribution in [0.15, 0.2) is 66.7 Å². The van der Waals surface area contributed by atoms with Crippen LogP contribution in [0.25, 0.3) is 32.7 Å². The third kappa shape index (κ3) is 5.13. The summed E-state index contributed by atoms with van der Waals surface area (Å²) in [4.78, 5) is 16.6. The molecule has 3 nitrogen and oxygen atoms in total. The van der Waals surface area contributed by atoms with Crippen LogP contribution in [0.3, 0.4) is 0 Å². The van der Waals surface area contributed by atoms with Gasteiger partial charge in [-0.1, -0.05) is 36.4 Å². The van der Waals surface area contributed by atoms with Gasteiger partial charge in [-0.15, -0.1) is 11.3 Å². The van der Waals surface area contributed by atoms with Crippen molar-refractivity contribution >= 4 is 17.2 Å². The molecule has 5 rings (SSSR count). The van der Waals surface area contributed by atoms with Gasteiger partial charge in [0.05, 0.1) is 0 Å². The van der Waals surface area contributed by atoms with Gasteiger partial charge in [-0.25, -0.2) is 13.2 Å². The van der Waals surface area contributed by atoms with Crippen molar-refractivity contribution in [2.75, 3.05) is 13.1 Å². The Morgan fingerprint density at radius 3 is 2.08 bits per heavy atom. The van der Waals surface area contributed by atoms with E-state index >= 15 is 0 Å². The summed E-state index contributed by atoms with van der Waals surface area (Å²) in [5.74, 6) is -3.22. The average Bonchev–Trinajstić information content (AvgIpc) is 3.21. The first kappa shape index (κ1) is 26.2. The van der Waals surface area contributed by atoms with Crippen molar-refractivity contribution in [1.82, 2.24) is 4.90 Å². The molecule has 1 saturated heterocycles. The van der Waals surface area contributed by atoms with Crippen molar-refractivity contribution in [3.8, 4) is 32.7 Å². The molecule has 0 bridgehead atoms. The highest BCUT2D eigenvalue weighted by atomic mass is 32.1. The van der Waals surface area contributed by atoms with Gasteiger partial charge in [0.25, 0.3) is 11.8 Å². The van der Waals surface area contributed by atoms with Crippen molar-refractivity contribution in [3.05, 3.63) is 94.1 Å². The third-order valence-electron chi connectivity index (χ3n) is 7.40. The van der Waals surface area contributed by atoms with E-state index in [1.165, 1.54) is 28.2 Å². The number of carbonyl (C=O) groups excluding carboxylic acids is 1. The van der Waals surface area contributed by atoms with E-state index < -0.39 is 5.92 Å². The van der Waals surface area contributed by atoms with E-state index in [1.54, 1.807) is 35.6 Å². The minimum atomic E-state index is -2.69. The zero-order valence-corrected chi connectivity index (χ0v) is 22.2. The number of hydrogen-bond donors (Lipinski definition) is 1. The fraction of sp³-hybridized carbons (Fsp3) is 0.258. The second kappa shape index (κ2) is 10.4. The maximum Gasteiger partial charge on any atom is 0.253 e. The van der Waals surface area contributed by atoms with Crippen LogP contribution in [0.1, 0.15) is 39.2 Å². The molecule has 0 spiro atoms. The number of hydrogen-bond acceptors (Lipinski definition) is 3. The average molecular weight is 535 g/mol. The SMILES string of the molecule is Cc1c(CN)sc(-c2ccc(-c3ccc(C(=O)N4CCC(F)(F)CC4)cc3)cc2-c2ccc(F)cc2)c1C. The smallest absolute Gasteiger partial charge is 0.253 e.